The van der Waals surface area contributed by atoms with E-state index < -0.39 is 34.9 Å². The van der Waals surface area contributed by atoms with Gasteiger partial charge in [0, 0.05) is 11.1 Å². The van der Waals surface area contributed by atoms with Crippen LogP contribution in [0.5, 0.6) is 0 Å². The van der Waals surface area contributed by atoms with Gasteiger partial charge in [0.1, 0.15) is 29.4 Å². The Morgan fingerprint density at radius 2 is 2.21 bits per heavy atom. The lowest BCUT2D eigenvalue weighted by Crippen LogP contribution is -2.71. The van der Waals surface area contributed by atoms with Crippen molar-refractivity contribution in [3.8, 4) is 0 Å². The van der Waals surface area contributed by atoms with Crippen LogP contribution in [-0.2, 0) is 34.6 Å². The Morgan fingerprint density at radius 3 is 2.79 bits per heavy atom. The summed E-state index contributed by atoms with van der Waals surface area (Å²) < 4.78 is 3.45. The molecule has 0 aromatic carbocycles. The van der Waals surface area contributed by atoms with Gasteiger partial charge in [-0.15, -0.1) is 27.8 Å². The van der Waals surface area contributed by atoms with E-state index in [1.807, 2.05) is 0 Å². The highest BCUT2D eigenvalue weighted by molar-refractivity contribution is 8.00. The fraction of sp³-hybridized carbons (Fsp3) is 0.333. The summed E-state index contributed by atoms with van der Waals surface area (Å²) in [5.74, 6) is -2.35. The van der Waals surface area contributed by atoms with Crippen molar-refractivity contribution in [2.24, 2.45) is 12.2 Å². The largest absolute Gasteiger partial charge is 0.477 e. The van der Waals surface area contributed by atoms with Crippen molar-refractivity contribution >= 4 is 51.7 Å². The van der Waals surface area contributed by atoms with Gasteiger partial charge in [-0.05, 0) is 5.57 Å². The second-order valence-electron chi connectivity index (χ2n) is 7.30. The number of nitrogen functional groups attached to an aromatic ring is 1. The number of carbonyl (C=O) groups excluding carboxylic acids is 2. The number of carboxylic acid groups (broad SMARTS) is 1. The summed E-state index contributed by atoms with van der Waals surface area (Å²) in [6.45, 7) is 0.0618. The molecule has 174 valence electrons. The topological polar surface area (TPSA) is 187 Å². The lowest BCUT2D eigenvalue weighted by molar-refractivity contribution is -0.753. The highest BCUT2D eigenvalue weighted by Gasteiger charge is 2.54. The predicted octanol–water partition coefficient (Wildman–Crippen LogP) is -1.54. The van der Waals surface area contributed by atoms with Crippen molar-refractivity contribution in [3.63, 3.8) is 0 Å². The highest BCUT2D eigenvalue weighted by Crippen LogP contribution is 2.40. The molecule has 4 rings (SSSR count). The maximum absolute atomic E-state index is 12.8. The molecule has 15 heteroatoms. The van der Waals surface area contributed by atoms with Gasteiger partial charge < -0.3 is 26.5 Å². The smallest absolute Gasteiger partial charge is 0.352 e. The number of thioether (sulfide) groups is 1. The first kappa shape index (κ1) is 22.8. The number of hydrogen-bond donors (Lipinski definition) is 5. The second kappa shape index (κ2) is 8.84. The number of carbonyl (C=O) groups is 3. The zero-order valence-corrected chi connectivity index (χ0v) is 18.8. The van der Waals surface area contributed by atoms with E-state index >= 15 is 0 Å². The Labute approximate surface area is 194 Å². The van der Waals surface area contributed by atoms with Gasteiger partial charge in [0.15, 0.2) is 17.9 Å². The van der Waals surface area contributed by atoms with Gasteiger partial charge in [0.2, 0.25) is 6.20 Å². The summed E-state index contributed by atoms with van der Waals surface area (Å²) >= 11 is 2.37. The first-order valence-corrected chi connectivity index (χ1v) is 11.5. The first-order chi connectivity index (χ1) is 15.7. The number of amides is 2. The molecule has 13 nitrogen and oxygen atoms in total. The molecule has 0 unspecified atom stereocenters. The van der Waals surface area contributed by atoms with Crippen LogP contribution >= 0.6 is 23.1 Å². The van der Waals surface area contributed by atoms with Crippen LogP contribution in [0.2, 0.25) is 0 Å². The minimum atomic E-state index is -1.25. The van der Waals surface area contributed by atoms with Crippen LogP contribution in [0.25, 0.3) is 0 Å². The molecule has 2 amide bonds. The summed E-state index contributed by atoms with van der Waals surface area (Å²) in [7, 11) is 1.76. The third-order valence-corrected chi connectivity index (χ3v) is 7.24. The summed E-state index contributed by atoms with van der Waals surface area (Å²) in [6.07, 6.45) is 3.42. The van der Waals surface area contributed by atoms with Gasteiger partial charge >= 0.3 is 5.97 Å². The van der Waals surface area contributed by atoms with Gasteiger partial charge in [0.05, 0.1) is 18.4 Å². The number of aromatic nitrogens is 3. The third kappa shape index (κ3) is 4.05. The normalized spacial score (nSPS) is 20.5. The van der Waals surface area contributed by atoms with E-state index in [4.69, 9.17) is 5.73 Å². The van der Waals surface area contributed by atoms with Crippen LogP contribution < -0.4 is 15.7 Å². The number of oxime groups is 1. The van der Waals surface area contributed by atoms with Crippen molar-refractivity contribution < 1.29 is 34.5 Å². The molecule has 2 atom stereocenters. The summed E-state index contributed by atoms with van der Waals surface area (Å²) in [5, 5.41) is 34.8. The molecule has 2 aliphatic heterocycles. The number of rotatable bonds is 7. The van der Waals surface area contributed by atoms with E-state index in [2.05, 4.69) is 15.5 Å². The van der Waals surface area contributed by atoms with Crippen molar-refractivity contribution in [3.05, 3.63) is 40.3 Å². The summed E-state index contributed by atoms with van der Waals surface area (Å²) in [4.78, 5) is 42.5. The molecule has 6 N–H and O–H groups in total. The number of hydrogen-bond acceptors (Lipinski definition) is 10. The van der Waals surface area contributed by atoms with E-state index in [0.717, 1.165) is 16.2 Å². The number of fused-ring (bicyclic) bond motifs is 1. The van der Waals surface area contributed by atoms with Crippen molar-refractivity contribution in [1.29, 1.82) is 0 Å². The maximum Gasteiger partial charge on any atom is 0.352 e. The molecule has 0 spiro atoms. The first-order valence-electron chi connectivity index (χ1n) is 9.55. The fourth-order valence-electron chi connectivity index (χ4n) is 3.69. The van der Waals surface area contributed by atoms with Crippen molar-refractivity contribution in [1.82, 2.24) is 19.9 Å². The van der Waals surface area contributed by atoms with Crippen LogP contribution in [0, 0.1) is 0 Å². The Morgan fingerprint density at radius 1 is 1.45 bits per heavy atom. The van der Waals surface area contributed by atoms with E-state index in [9.17, 15) is 29.8 Å². The lowest BCUT2D eigenvalue weighted by atomic mass is 10.0. The lowest BCUT2D eigenvalue weighted by Gasteiger charge is -2.49. The van der Waals surface area contributed by atoms with E-state index in [-0.39, 0.29) is 29.7 Å². The standard InChI is InChI=1S/C18H19N7O6S2/c1-23-2-8(5-26)3-24(23)4-9-6-32-16-12(15(28)25(16)13(9)17(29)30)21-14(27)11(22-31)10-7-33-18(19)20-10/h2-3,7,12,16,26H,4-6H2,1H3,(H4-,19,20,21,27,29,30,31)/p+1/t12-,16-/m1/s1. The van der Waals surface area contributed by atoms with Crippen molar-refractivity contribution in [2.45, 2.75) is 24.6 Å². The molecular formula is C18H20N7O6S2+. The number of nitrogens with zero attached hydrogens (tertiary/aromatic N) is 5. The Kier molecular flexibility index (Phi) is 6.09. The molecule has 2 aromatic heterocycles. The molecule has 1 saturated heterocycles. The number of β-lactam (4-membered cyclic amide) rings is 1. The maximum atomic E-state index is 12.8. The molecule has 33 heavy (non-hydrogen) atoms. The number of aliphatic hydroxyl groups excluding tert-OH is 1. The predicted molar refractivity (Wildman–Crippen MR) is 116 cm³/mol. The zero-order chi connectivity index (χ0) is 23.9. The van der Waals surface area contributed by atoms with E-state index in [0.29, 0.717) is 16.9 Å². The summed E-state index contributed by atoms with van der Waals surface area (Å²) in [6, 6.07) is -0.991. The molecule has 4 heterocycles. The van der Waals surface area contributed by atoms with Crippen molar-refractivity contribution in [2.75, 3.05) is 11.5 Å². The molecule has 2 aliphatic rings. The number of nitrogens with two attached hydrogens (primary N) is 1. The number of aliphatic carboxylic acids is 1. The van der Waals surface area contributed by atoms with Crippen LogP contribution in [0.4, 0.5) is 5.13 Å². The van der Waals surface area contributed by atoms with E-state index in [1.54, 1.807) is 28.8 Å². The van der Waals surface area contributed by atoms with Gasteiger partial charge in [0.25, 0.3) is 11.8 Å². The highest BCUT2D eigenvalue weighted by atomic mass is 32.2. The molecule has 0 bridgehead atoms. The Hall–Kier alpha value is -3.43. The quantitative estimate of drug-likeness (QED) is 0.0999. The molecule has 0 radical (unpaired) electrons. The number of thiazole rings is 1. The fourth-order valence-corrected chi connectivity index (χ4v) is 5.57. The van der Waals surface area contributed by atoms with E-state index in [1.165, 1.54) is 17.1 Å². The number of carboxylic acids is 1. The molecular weight excluding hydrogens is 474 g/mol. The van der Waals surface area contributed by atoms with Crippen LogP contribution in [0.3, 0.4) is 0 Å². The monoisotopic (exact) mass is 494 g/mol. The number of aryl methyl sites for hydroxylation is 1. The second-order valence-corrected chi connectivity index (χ2v) is 9.29. The zero-order valence-electron chi connectivity index (χ0n) is 17.2. The Bertz CT molecular complexity index is 1200. The van der Waals surface area contributed by atoms with Crippen LogP contribution in [0.1, 0.15) is 11.3 Å². The Balaban J connectivity index is 1.53. The minimum absolute atomic E-state index is 0.0627. The van der Waals surface area contributed by atoms with Gasteiger partial charge in [-0.1, -0.05) is 5.16 Å². The van der Waals surface area contributed by atoms with Gasteiger partial charge in [-0.3, -0.25) is 14.5 Å². The van der Waals surface area contributed by atoms with Crippen LogP contribution in [0.15, 0.2) is 34.2 Å². The average Bonchev–Trinajstić information content (AvgIpc) is 3.37. The minimum Gasteiger partial charge on any atom is -0.477 e. The number of nitrogens with one attached hydrogen (secondary N) is 1. The number of anilines is 1. The van der Waals surface area contributed by atoms with Gasteiger partial charge in [-0.25, -0.2) is 9.78 Å². The molecule has 0 aliphatic carbocycles. The number of aliphatic hydroxyl groups is 1. The summed E-state index contributed by atoms with van der Waals surface area (Å²) in [5.41, 5.74) is 6.27. The molecule has 1 fully saturated rings. The SMILES string of the molecule is C[n+]1cc(CO)cn1CC1=C(C(=O)O)N2C(=O)[C@@H](NC(=O)C(=NO)c3csc(N)n3)[C@H]2SC1. The average molecular weight is 495 g/mol. The molecule has 0 saturated carbocycles. The van der Waals surface area contributed by atoms with Crippen LogP contribution in [-0.4, -0.2) is 70.6 Å². The van der Waals surface area contributed by atoms with Gasteiger partial charge in [-0.2, -0.15) is 4.68 Å². The molecule has 2 aromatic rings. The third-order valence-electron chi connectivity index (χ3n) is 5.22.